The average Bonchev–Trinajstić information content (AvgIpc) is 2.59. The molecule has 2 aromatic carbocycles. The Kier molecular flexibility index (Phi) is 4.79. The van der Waals surface area contributed by atoms with Crippen LogP contribution >= 0.6 is 0 Å². The second kappa shape index (κ2) is 7.03. The molecule has 0 aliphatic heterocycles. The lowest BCUT2D eigenvalue weighted by molar-refractivity contribution is 0.0521. The van der Waals surface area contributed by atoms with Crippen molar-refractivity contribution < 1.29 is 18.3 Å². The number of aromatic nitrogens is 2. The molecule has 134 valence electrons. The molecule has 0 saturated carbocycles. The van der Waals surface area contributed by atoms with Crippen LogP contribution in [-0.2, 0) is 4.74 Å². The van der Waals surface area contributed by atoms with Gasteiger partial charge in [-0.15, -0.1) is 0 Å². The van der Waals surface area contributed by atoms with Crippen molar-refractivity contribution in [2.24, 2.45) is 0 Å². The number of aryl methyl sites for hydroxylation is 2. The number of rotatable bonds is 4. The first-order valence-electron chi connectivity index (χ1n) is 8.07. The summed E-state index contributed by atoms with van der Waals surface area (Å²) in [7, 11) is 0. The number of nitrogens with zero attached hydrogens (tertiary/aromatic N) is 2. The molecular formula is C19H17F2N3O2. The van der Waals surface area contributed by atoms with E-state index in [0.717, 1.165) is 23.3 Å². The number of anilines is 2. The predicted molar refractivity (Wildman–Crippen MR) is 94.6 cm³/mol. The molecule has 0 spiro atoms. The molecular weight excluding hydrogens is 340 g/mol. The van der Waals surface area contributed by atoms with Crippen molar-refractivity contribution >= 4 is 28.5 Å². The normalized spacial score (nSPS) is 10.8. The Hall–Kier alpha value is -3.09. The monoisotopic (exact) mass is 357 g/mol. The van der Waals surface area contributed by atoms with E-state index >= 15 is 0 Å². The topological polar surface area (TPSA) is 64.1 Å². The minimum absolute atomic E-state index is 0.0210. The molecule has 1 aromatic heterocycles. The molecule has 1 heterocycles. The van der Waals surface area contributed by atoms with E-state index in [0.29, 0.717) is 11.0 Å². The Labute approximate surface area is 149 Å². The van der Waals surface area contributed by atoms with Crippen molar-refractivity contribution in [3.05, 3.63) is 58.8 Å². The molecule has 0 radical (unpaired) electrons. The third-order valence-electron chi connectivity index (χ3n) is 3.93. The molecule has 0 unspecified atom stereocenters. The first-order chi connectivity index (χ1) is 12.4. The molecule has 0 aliphatic carbocycles. The summed E-state index contributed by atoms with van der Waals surface area (Å²) in [4.78, 5) is 21.1. The first-order valence-corrected chi connectivity index (χ1v) is 8.07. The van der Waals surface area contributed by atoms with E-state index in [9.17, 15) is 13.6 Å². The van der Waals surface area contributed by atoms with Gasteiger partial charge in [-0.2, -0.15) is 0 Å². The second-order valence-corrected chi connectivity index (χ2v) is 5.82. The second-order valence-electron chi connectivity index (χ2n) is 5.82. The molecule has 0 amide bonds. The first kappa shape index (κ1) is 17.7. The van der Waals surface area contributed by atoms with E-state index in [-0.39, 0.29) is 23.8 Å². The Morgan fingerprint density at radius 1 is 1.04 bits per heavy atom. The Morgan fingerprint density at radius 2 is 1.69 bits per heavy atom. The smallest absolute Gasteiger partial charge is 0.360 e. The molecule has 26 heavy (non-hydrogen) atoms. The van der Waals surface area contributed by atoms with E-state index in [1.807, 2.05) is 26.0 Å². The van der Waals surface area contributed by atoms with E-state index in [1.54, 1.807) is 6.92 Å². The number of esters is 1. The highest BCUT2D eigenvalue weighted by Crippen LogP contribution is 2.24. The zero-order chi connectivity index (χ0) is 18.8. The summed E-state index contributed by atoms with van der Waals surface area (Å²) in [6, 6.07) is 7.00. The lowest BCUT2D eigenvalue weighted by Gasteiger charge is -2.12. The molecule has 1 N–H and O–H groups in total. The fourth-order valence-corrected chi connectivity index (χ4v) is 2.45. The minimum Gasteiger partial charge on any atom is -0.461 e. The van der Waals surface area contributed by atoms with E-state index in [1.165, 1.54) is 6.07 Å². The molecule has 7 heteroatoms. The molecule has 3 rings (SSSR count). The quantitative estimate of drug-likeness (QED) is 0.699. The van der Waals surface area contributed by atoms with Crippen LogP contribution in [0.15, 0.2) is 30.3 Å². The van der Waals surface area contributed by atoms with Gasteiger partial charge in [0.2, 0.25) is 0 Å². The zero-order valence-corrected chi connectivity index (χ0v) is 14.6. The van der Waals surface area contributed by atoms with Crippen LogP contribution in [0.2, 0.25) is 0 Å². The van der Waals surface area contributed by atoms with E-state index in [4.69, 9.17) is 4.74 Å². The number of nitrogens with one attached hydrogen (secondary N) is 1. The standard InChI is InChI=1S/C19H17F2N3O2/c1-4-26-19(25)17-18(22-12-5-6-13(20)14(21)9-12)24-16-8-11(3)10(2)7-15(16)23-17/h5-9H,4H2,1-3H3,(H,22,24). The van der Waals surface area contributed by atoms with E-state index in [2.05, 4.69) is 15.3 Å². The summed E-state index contributed by atoms with van der Waals surface area (Å²) < 4.78 is 31.6. The predicted octanol–water partition coefficient (Wildman–Crippen LogP) is 4.45. The maximum absolute atomic E-state index is 13.5. The highest BCUT2D eigenvalue weighted by atomic mass is 19.2. The lowest BCUT2D eigenvalue weighted by Crippen LogP contribution is -2.12. The van der Waals surface area contributed by atoms with Gasteiger partial charge < -0.3 is 10.1 Å². The Balaban J connectivity index is 2.13. The number of halogens is 2. The lowest BCUT2D eigenvalue weighted by atomic mass is 10.1. The minimum atomic E-state index is -1.01. The van der Waals surface area contributed by atoms with Gasteiger partial charge in [-0.05, 0) is 56.2 Å². The molecule has 0 bridgehead atoms. The van der Waals surface area contributed by atoms with Crippen LogP contribution in [-0.4, -0.2) is 22.5 Å². The Bertz CT molecular complexity index is 1010. The van der Waals surface area contributed by atoms with Gasteiger partial charge in [0.1, 0.15) is 0 Å². The van der Waals surface area contributed by atoms with Crippen molar-refractivity contribution in [2.75, 3.05) is 11.9 Å². The van der Waals surface area contributed by atoms with Crippen molar-refractivity contribution in [1.29, 1.82) is 0 Å². The van der Waals surface area contributed by atoms with Crippen LogP contribution in [0.4, 0.5) is 20.3 Å². The largest absolute Gasteiger partial charge is 0.461 e. The molecule has 5 nitrogen and oxygen atoms in total. The van der Waals surface area contributed by atoms with Crippen molar-refractivity contribution in [3.8, 4) is 0 Å². The van der Waals surface area contributed by atoms with Gasteiger partial charge in [-0.3, -0.25) is 0 Å². The summed E-state index contributed by atoms with van der Waals surface area (Å²) in [5, 5.41) is 2.82. The number of carbonyl (C=O) groups excluding carboxylic acids is 1. The number of carbonyl (C=O) groups is 1. The van der Waals surface area contributed by atoms with Gasteiger partial charge in [0.15, 0.2) is 23.1 Å². The molecule has 0 aliphatic rings. The fourth-order valence-electron chi connectivity index (χ4n) is 2.45. The maximum atomic E-state index is 13.5. The molecule has 0 saturated heterocycles. The van der Waals surface area contributed by atoms with E-state index < -0.39 is 17.6 Å². The number of ether oxygens (including phenoxy) is 1. The van der Waals surface area contributed by atoms with Crippen LogP contribution in [0.3, 0.4) is 0 Å². The highest BCUT2D eigenvalue weighted by Gasteiger charge is 2.19. The van der Waals surface area contributed by atoms with Crippen molar-refractivity contribution in [3.63, 3.8) is 0 Å². The fraction of sp³-hybridized carbons (Fsp3) is 0.211. The van der Waals surface area contributed by atoms with Crippen LogP contribution in [0.1, 0.15) is 28.5 Å². The van der Waals surface area contributed by atoms with Crippen LogP contribution in [0.5, 0.6) is 0 Å². The summed E-state index contributed by atoms with van der Waals surface area (Å²) >= 11 is 0. The molecule has 3 aromatic rings. The third kappa shape index (κ3) is 3.46. The number of benzene rings is 2. The van der Waals surface area contributed by atoms with Gasteiger partial charge in [0, 0.05) is 11.8 Å². The summed E-state index contributed by atoms with van der Waals surface area (Å²) in [5.41, 5.74) is 3.38. The van der Waals surface area contributed by atoms with Gasteiger partial charge >= 0.3 is 5.97 Å². The van der Waals surface area contributed by atoms with Crippen LogP contribution in [0, 0.1) is 25.5 Å². The van der Waals surface area contributed by atoms with Gasteiger partial charge in [0.05, 0.1) is 17.6 Å². The van der Waals surface area contributed by atoms with Gasteiger partial charge in [-0.25, -0.2) is 23.5 Å². The summed E-state index contributed by atoms with van der Waals surface area (Å²) in [5.74, 6) is -2.50. The highest BCUT2D eigenvalue weighted by molar-refractivity contribution is 5.96. The third-order valence-corrected chi connectivity index (χ3v) is 3.93. The van der Waals surface area contributed by atoms with Crippen LogP contribution in [0.25, 0.3) is 11.0 Å². The SMILES string of the molecule is CCOC(=O)c1nc2cc(C)c(C)cc2nc1Nc1ccc(F)c(F)c1. The van der Waals surface area contributed by atoms with Crippen molar-refractivity contribution in [1.82, 2.24) is 9.97 Å². The van der Waals surface area contributed by atoms with Gasteiger partial charge in [-0.1, -0.05) is 0 Å². The van der Waals surface area contributed by atoms with Gasteiger partial charge in [0.25, 0.3) is 0 Å². The summed E-state index contributed by atoms with van der Waals surface area (Å²) in [6.07, 6.45) is 0. The Morgan fingerprint density at radius 3 is 2.31 bits per heavy atom. The zero-order valence-electron chi connectivity index (χ0n) is 14.6. The summed E-state index contributed by atoms with van der Waals surface area (Å²) in [6.45, 7) is 5.74. The number of hydrogen-bond acceptors (Lipinski definition) is 5. The number of hydrogen-bond donors (Lipinski definition) is 1. The van der Waals surface area contributed by atoms with Crippen molar-refractivity contribution in [2.45, 2.75) is 20.8 Å². The maximum Gasteiger partial charge on any atom is 0.360 e. The molecule has 0 fully saturated rings. The average molecular weight is 357 g/mol. The number of fused-ring (bicyclic) bond motifs is 1. The molecule has 0 atom stereocenters. The van der Waals surface area contributed by atoms with Crippen LogP contribution < -0.4 is 5.32 Å².